The van der Waals surface area contributed by atoms with E-state index in [1.54, 1.807) is 30.1 Å². The van der Waals surface area contributed by atoms with Crippen LogP contribution in [-0.2, 0) is 11.3 Å². The zero-order valence-corrected chi connectivity index (χ0v) is 16.3. The maximum atomic E-state index is 13.4. The van der Waals surface area contributed by atoms with E-state index in [1.807, 2.05) is 18.4 Å². The van der Waals surface area contributed by atoms with Gasteiger partial charge in [-0.25, -0.2) is 14.4 Å². The first-order chi connectivity index (χ1) is 13.0. The Hall–Kier alpha value is -2.67. The zero-order valence-electron chi connectivity index (χ0n) is 15.5. The SMILES string of the molecule is CCCn1c(SC)nc(-c2ccc(F)cc2)c1-c1ccnc(NC(C)=O)c1. The number of benzene rings is 1. The highest BCUT2D eigenvalue weighted by atomic mass is 32.2. The molecule has 27 heavy (non-hydrogen) atoms. The average Bonchev–Trinajstić information content (AvgIpc) is 3.01. The molecule has 5 nitrogen and oxygen atoms in total. The summed E-state index contributed by atoms with van der Waals surface area (Å²) in [7, 11) is 0. The first-order valence-electron chi connectivity index (χ1n) is 8.68. The van der Waals surface area contributed by atoms with Crippen molar-refractivity contribution in [3.05, 3.63) is 48.4 Å². The van der Waals surface area contributed by atoms with Gasteiger partial charge in [-0.05, 0) is 49.1 Å². The Morgan fingerprint density at radius 3 is 2.59 bits per heavy atom. The summed E-state index contributed by atoms with van der Waals surface area (Å²) in [6.45, 7) is 4.36. The van der Waals surface area contributed by atoms with Gasteiger partial charge in [0.25, 0.3) is 0 Å². The van der Waals surface area contributed by atoms with Gasteiger partial charge in [-0.3, -0.25) is 4.79 Å². The van der Waals surface area contributed by atoms with Gasteiger partial charge in [-0.15, -0.1) is 0 Å². The molecule has 1 amide bonds. The van der Waals surface area contributed by atoms with E-state index in [4.69, 9.17) is 4.98 Å². The van der Waals surface area contributed by atoms with Crippen LogP contribution in [0.5, 0.6) is 0 Å². The largest absolute Gasteiger partial charge is 0.318 e. The van der Waals surface area contributed by atoms with E-state index in [1.165, 1.54) is 19.1 Å². The number of carbonyl (C=O) groups is 1. The lowest BCUT2D eigenvalue weighted by Gasteiger charge is -2.12. The van der Waals surface area contributed by atoms with Gasteiger partial charge < -0.3 is 9.88 Å². The van der Waals surface area contributed by atoms with Crippen LogP contribution in [0.25, 0.3) is 22.5 Å². The monoisotopic (exact) mass is 384 g/mol. The highest BCUT2D eigenvalue weighted by molar-refractivity contribution is 7.98. The summed E-state index contributed by atoms with van der Waals surface area (Å²) in [6.07, 6.45) is 4.60. The Balaban J connectivity index is 2.21. The number of rotatable bonds is 6. The van der Waals surface area contributed by atoms with Crippen LogP contribution in [0.3, 0.4) is 0 Å². The van der Waals surface area contributed by atoms with Gasteiger partial charge in [0.15, 0.2) is 5.16 Å². The highest BCUT2D eigenvalue weighted by Crippen LogP contribution is 2.36. The van der Waals surface area contributed by atoms with Gasteiger partial charge in [-0.1, -0.05) is 18.7 Å². The second kappa shape index (κ2) is 8.35. The highest BCUT2D eigenvalue weighted by Gasteiger charge is 2.20. The van der Waals surface area contributed by atoms with E-state index >= 15 is 0 Å². The molecule has 0 atom stereocenters. The van der Waals surface area contributed by atoms with E-state index in [-0.39, 0.29) is 11.7 Å². The summed E-state index contributed by atoms with van der Waals surface area (Å²) in [6, 6.07) is 10.1. The maximum Gasteiger partial charge on any atom is 0.222 e. The molecule has 2 heterocycles. The Morgan fingerprint density at radius 1 is 1.22 bits per heavy atom. The molecule has 0 aliphatic heterocycles. The number of thioether (sulfide) groups is 1. The summed E-state index contributed by atoms with van der Waals surface area (Å²) < 4.78 is 15.6. The normalized spacial score (nSPS) is 10.8. The van der Waals surface area contributed by atoms with Crippen molar-refractivity contribution in [3.8, 4) is 22.5 Å². The van der Waals surface area contributed by atoms with Gasteiger partial charge in [0.2, 0.25) is 5.91 Å². The number of carbonyl (C=O) groups excluding carboxylic acids is 1. The van der Waals surface area contributed by atoms with Gasteiger partial charge >= 0.3 is 0 Å². The number of halogens is 1. The van der Waals surface area contributed by atoms with Crippen molar-refractivity contribution in [2.75, 3.05) is 11.6 Å². The van der Waals surface area contributed by atoms with Crippen LogP contribution >= 0.6 is 11.8 Å². The molecular formula is C20H21FN4OS. The Morgan fingerprint density at radius 2 is 1.96 bits per heavy atom. The molecule has 1 N–H and O–H groups in total. The minimum Gasteiger partial charge on any atom is -0.318 e. The van der Waals surface area contributed by atoms with E-state index in [0.717, 1.165) is 40.6 Å². The van der Waals surface area contributed by atoms with E-state index in [2.05, 4.69) is 21.8 Å². The number of aromatic nitrogens is 3. The van der Waals surface area contributed by atoms with Crippen molar-refractivity contribution in [2.24, 2.45) is 0 Å². The summed E-state index contributed by atoms with van der Waals surface area (Å²) in [5, 5.41) is 3.61. The fraction of sp³-hybridized carbons (Fsp3) is 0.250. The minimum atomic E-state index is -0.282. The maximum absolute atomic E-state index is 13.4. The third kappa shape index (κ3) is 4.19. The molecule has 0 bridgehead atoms. The van der Waals surface area contributed by atoms with Gasteiger partial charge in [0.05, 0.1) is 11.4 Å². The summed E-state index contributed by atoms with van der Waals surface area (Å²) in [5.74, 6) is 0.0283. The van der Waals surface area contributed by atoms with Gasteiger partial charge in [0.1, 0.15) is 11.6 Å². The summed E-state index contributed by atoms with van der Waals surface area (Å²) >= 11 is 1.57. The number of hydrogen-bond acceptors (Lipinski definition) is 4. The van der Waals surface area contributed by atoms with Crippen LogP contribution in [0.2, 0.25) is 0 Å². The van der Waals surface area contributed by atoms with Gasteiger partial charge in [-0.2, -0.15) is 0 Å². The predicted octanol–water partition coefficient (Wildman–Crippen LogP) is 4.84. The molecule has 0 unspecified atom stereocenters. The number of imidazole rings is 1. The standard InChI is InChI=1S/C20H21FN4OS/c1-4-11-25-19(15-9-10-22-17(12-15)23-13(2)26)18(24-20(25)27-3)14-5-7-16(21)8-6-14/h5-10,12H,4,11H2,1-3H3,(H,22,23,26). The molecule has 0 fully saturated rings. The number of pyridine rings is 1. The molecule has 3 aromatic rings. The van der Waals surface area contributed by atoms with Crippen molar-refractivity contribution >= 4 is 23.5 Å². The van der Waals surface area contributed by atoms with Crippen molar-refractivity contribution in [1.29, 1.82) is 0 Å². The lowest BCUT2D eigenvalue weighted by atomic mass is 10.1. The first-order valence-corrected chi connectivity index (χ1v) is 9.90. The van der Waals surface area contributed by atoms with Crippen LogP contribution in [0.4, 0.5) is 10.2 Å². The average molecular weight is 384 g/mol. The second-order valence-corrected chi connectivity index (χ2v) is 6.84. The summed E-state index contributed by atoms with van der Waals surface area (Å²) in [4.78, 5) is 20.4. The van der Waals surface area contributed by atoms with Crippen molar-refractivity contribution in [3.63, 3.8) is 0 Å². The number of hydrogen-bond donors (Lipinski definition) is 1. The van der Waals surface area contributed by atoms with Crippen molar-refractivity contribution in [2.45, 2.75) is 32.0 Å². The molecule has 7 heteroatoms. The lowest BCUT2D eigenvalue weighted by molar-refractivity contribution is -0.114. The summed E-state index contributed by atoms with van der Waals surface area (Å²) in [5.41, 5.74) is 3.46. The number of nitrogens with zero attached hydrogens (tertiary/aromatic N) is 3. The van der Waals surface area contributed by atoms with E-state index in [0.29, 0.717) is 5.82 Å². The number of anilines is 1. The Labute approximate surface area is 162 Å². The molecule has 2 aromatic heterocycles. The van der Waals surface area contributed by atoms with Crippen molar-refractivity contribution in [1.82, 2.24) is 14.5 Å². The molecule has 1 aromatic carbocycles. The predicted molar refractivity (Wildman–Crippen MR) is 107 cm³/mol. The van der Waals surface area contributed by atoms with E-state index < -0.39 is 0 Å². The van der Waals surface area contributed by atoms with Gasteiger partial charge in [0, 0.05) is 30.8 Å². The number of nitrogens with one attached hydrogen (secondary N) is 1. The van der Waals surface area contributed by atoms with Crippen LogP contribution in [0, 0.1) is 5.82 Å². The molecule has 0 saturated carbocycles. The molecule has 0 saturated heterocycles. The topological polar surface area (TPSA) is 59.8 Å². The van der Waals surface area contributed by atoms with Crippen LogP contribution < -0.4 is 5.32 Å². The molecule has 140 valence electrons. The fourth-order valence-electron chi connectivity index (χ4n) is 2.95. The molecule has 3 rings (SSSR count). The van der Waals surface area contributed by atoms with Crippen molar-refractivity contribution < 1.29 is 9.18 Å². The zero-order chi connectivity index (χ0) is 19.4. The molecule has 0 radical (unpaired) electrons. The smallest absolute Gasteiger partial charge is 0.222 e. The van der Waals surface area contributed by atoms with Crippen LogP contribution in [-0.4, -0.2) is 26.7 Å². The molecule has 0 aliphatic rings. The van der Waals surface area contributed by atoms with E-state index in [9.17, 15) is 9.18 Å². The fourth-order valence-corrected chi connectivity index (χ4v) is 3.53. The molecular weight excluding hydrogens is 363 g/mol. The second-order valence-electron chi connectivity index (χ2n) is 6.07. The Kier molecular flexibility index (Phi) is 5.91. The third-order valence-corrected chi connectivity index (χ3v) is 4.69. The van der Waals surface area contributed by atoms with Crippen LogP contribution in [0.15, 0.2) is 47.8 Å². The number of amides is 1. The molecule has 0 spiro atoms. The van der Waals surface area contributed by atoms with Crippen LogP contribution in [0.1, 0.15) is 20.3 Å². The minimum absolute atomic E-state index is 0.176. The lowest BCUT2D eigenvalue weighted by Crippen LogP contribution is -2.07. The quantitative estimate of drug-likeness (QED) is 0.618. The third-order valence-electron chi connectivity index (χ3n) is 4.02. The first kappa shape index (κ1) is 19.1. The molecule has 0 aliphatic carbocycles. The Bertz CT molecular complexity index is 953.